The molecule has 1 N–H and O–H groups in total. The van der Waals surface area contributed by atoms with E-state index in [2.05, 4.69) is 4.98 Å². The third kappa shape index (κ3) is 4.49. The maximum absolute atomic E-state index is 10.7. The molecule has 1 heterocycles. The Morgan fingerprint density at radius 3 is 2.90 bits per heavy atom. The first-order valence-corrected chi connectivity index (χ1v) is 6.75. The number of benzene rings is 1. The number of pyridine rings is 1. The topological polar surface area (TPSA) is 68.7 Å². The largest absolute Gasteiger partial charge is 0.488 e. The zero-order valence-electron chi connectivity index (χ0n) is 11.8. The highest BCUT2D eigenvalue weighted by molar-refractivity contribution is 5.70. The number of hydrogen-bond donors (Lipinski definition) is 1. The molecule has 0 unspecified atom stereocenters. The molecule has 5 nitrogen and oxygen atoms in total. The molecule has 0 saturated heterocycles. The Hall–Kier alpha value is -2.56. The molecule has 0 aliphatic rings. The second-order valence-electron chi connectivity index (χ2n) is 4.48. The number of ether oxygens (including phenoxy) is 2. The van der Waals surface area contributed by atoms with Gasteiger partial charge in [-0.3, -0.25) is 4.79 Å². The Labute approximate surface area is 123 Å². The third-order valence-electron chi connectivity index (χ3n) is 2.67. The van der Waals surface area contributed by atoms with Crippen molar-refractivity contribution in [2.45, 2.75) is 19.8 Å². The van der Waals surface area contributed by atoms with Crippen LogP contribution in [0.2, 0.25) is 0 Å². The van der Waals surface area contributed by atoms with Crippen LogP contribution in [0.3, 0.4) is 0 Å². The Balaban J connectivity index is 2.16. The minimum atomic E-state index is -0.878. The summed E-state index contributed by atoms with van der Waals surface area (Å²) >= 11 is 0. The normalized spacial score (nSPS) is 10.1. The van der Waals surface area contributed by atoms with Crippen molar-refractivity contribution < 1.29 is 19.4 Å². The van der Waals surface area contributed by atoms with Gasteiger partial charge in [0.2, 0.25) is 0 Å². The van der Waals surface area contributed by atoms with E-state index < -0.39 is 5.97 Å². The number of hydrogen-bond acceptors (Lipinski definition) is 4. The van der Waals surface area contributed by atoms with Crippen LogP contribution in [0, 0.1) is 0 Å². The van der Waals surface area contributed by atoms with Crippen LogP contribution >= 0.6 is 0 Å². The first-order valence-electron chi connectivity index (χ1n) is 6.75. The van der Waals surface area contributed by atoms with E-state index >= 15 is 0 Å². The molecule has 0 spiro atoms. The predicted molar refractivity (Wildman–Crippen MR) is 77.9 cm³/mol. The molecule has 0 radical (unpaired) electrons. The van der Waals surface area contributed by atoms with E-state index in [0.717, 1.165) is 6.42 Å². The van der Waals surface area contributed by atoms with Gasteiger partial charge in [-0.15, -0.1) is 0 Å². The predicted octanol–water partition coefficient (Wildman–Crippen LogP) is 3.29. The van der Waals surface area contributed by atoms with Crippen molar-refractivity contribution in [3.63, 3.8) is 0 Å². The SMILES string of the molecule is CCCOc1cccnc1Oc1cccc(CC(=O)O)c1. The average molecular weight is 287 g/mol. The molecule has 0 amide bonds. The fourth-order valence-corrected chi connectivity index (χ4v) is 1.78. The van der Waals surface area contributed by atoms with E-state index in [1.165, 1.54) is 0 Å². The number of carboxylic acid groups (broad SMARTS) is 1. The number of rotatable bonds is 7. The molecule has 2 aromatic rings. The first kappa shape index (κ1) is 14.8. The van der Waals surface area contributed by atoms with Crippen molar-refractivity contribution in [3.8, 4) is 17.4 Å². The maximum Gasteiger partial charge on any atom is 0.307 e. The smallest absolute Gasteiger partial charge is 0.307 e. The summed E-state index contributed by atoms with van der Waals surface area (Å²) in [6.45, 7) is 2.60. The van der Waals surface area contributed by atoms with Crippen molar-refractivity contribution >= 4 is 5.97 Å². The second kappa shape index (κ2) is 7.28. The molecule has 21 heavy (non-hydrogen) atoms. The number of carbonyl (C=O) groups is 1. The quantitative estimate of drug-likeness (QED) is 0.846. The molecule has 0 atom stereocenters. The van der Waals surface area contributed by atoms with Crippen LogP contribution in [0.15, 0.2) is 42.6 Å². The van der Waals surface area contributed by atoms with Gasteiger partial charge >= 0.3 is 5.97 Å². The highest BCUT2D eigenvalue weighted by Gasteiger charge is 2.08. The Kier molecular flexibility index (Phi) is 5.15. The maximum atomic E-state index is 10.7. The molecule has 0 fully saturated rings. The molecular formula is C16H17NO4. The molecular weight excluding hydrogens is 270 g/mol. The highest BCUT2D eigenvalue weighted by atomic mass is 16.5. The summed E-state index contributed by atoms with van der Waals surface area (Å²) in [4.78, 5) is 14.9. The minimum absolute atomic E-state index is 0.0430. The summed E-state index contributed by atoms with van der Waals surface area (Å²) in [5.41, 5.74) is 0.673. The number of aliphatic carboxylic acids is 1. The summed E-state index contributed by atoms with van der Waals surface area (Å²) in [6, 6.07) is 10.5. The van der Waals surface area contributed by atoms with Crippen LogP contribution in [0.25, 0.3) is 0 Å². The van der Waals surface area contributed by atoms with Crippen LogP contribution in [-0.2, 0) is 11.2 Å². The Morgan fingerprint density at radius 2 is 2.14 bits per heavy atom. The summed E-state index contributed by atoms with van der Waals surface area (Å²) in [5, 5.41) is 8.82. The second-order valence-corrected chi connectivity index (χ2v) is 4.48. The zero-order chi connectivity index (χ0) is 15.1. The molecule has 0 saturated carbocycles. The van der Waals surface area contributed by atoms with Crippen molar-refractivity contribution in [2.75, 3.05) is 6.61 Å². The average Bonchev–Trinajstić information content (AvgIpc) is 2.46. The van der Waals surface area contributed by atoms with Gasteiger partial charge in [0, 0.05) is 6.20 Å². The molecule has 0 bridgehead atoms. The molecule has 5 heteroatoms. The third-order valence-corrected chi connectivity index (χ3v) is 2.67. The van der Waals surface area contributed by atoms with Crippen LogP contribution in [-0.4, -0.2) is 22.7 Å². The van der Waals surface area contributed by atoms with E-state index in [-0.39, 0.29) is 6.42 Å². The van der Waals surface area contributed by atoms with Crippen molar-refractivity contribution in [1.29, 1.82) is 0 Å². The molecule has 1 aromatic heterocycles. The van der Waals surface area contributed by atoms with Crippen LogP contribution in [0.5, 0.6) is 17.4 Å². The summed E-state index contributed by atoms with van der Waals surface area (Å²) in [5.74, 6) is 0.604. The number of aromatic nitrogens is 1. The fourth-order valence-electron chi connectivity index (χ4n) is 1.78. The van der Waals surface area contributed by atoms with Crippen molar-refractivity contribution in [1.82, 2.24) is 4.98 Å². The van der Waals surface area contributed by atoms with E-state index in [1.807, 2.05) is 6.92 Å². The minimum Gasteiger partial charge on any atom is -0.488 e. The lowest BCUT2D eigenvalue weighted by atomic mass is 10.1. The van der Waals surface area contributed by atoms with Crippen LogP contribution in [0.4, 0.5) is 0 Å². The van der Waals surface area contributed by atoms with Crippen molar-refractivity contribution in [2.24, 2.45) is 0 Å². The lowest BCUT2D eigenvalue weighted by molar-refractivity contribution is -0.136. The highest BCUT2D eigenvalue weighted by Crippen LogP contribution is 2.29. The molecule has 110 valence electrons. The standard InChI is InChI=1S/C16H17NO4/c1-2-9-20-14-7-4-8-17-16(14)21-13-6-3-5-12(10-13)11-15(18)19/h3-8,10H,2,9,11H2,1H3,(H,18,19). The van der Waals surface area contributed by atoms with Gasteiger partial charge in [0.25, 0.3) is 5.88 Å². The monoisotopic (exact) mass is 287 g/mol. The van der Waals surface area contributed by atoms with Gasteiger partial charge in [0.1, 0.15) is 5.75 Å². The van der Waals surface area contributed by atoms with Gasteiger partial charge in [0.15, 0.2) is 5.75 Å². The van der Waals surface area contributed by atoms with E-state index in [0.29, 0.717) is 29.5 Å². The fraction of sp³-hybridized carbons (Fsp3) is 0.250. The molecule has 0 aliphatic heterocycles. The van der Waals surface area contributed by atoms with E-state index in [1.54, 1.807) is 42.6 Å². The molecule has 1 aromatic carbocycles. The zero-order valence-corrected chi connectivity index (χ0v) is 11.8. The molecule has 0 aliphatic carbocycles. The van der Waals surface area contributed by atoms with Crippen LogP contribution < -0.4 is 9.47 Å². The molecule has 2 rings (SSSR count). The first-order chi connectivity index (χ1) is 10.2. The number of nitrogens with zero attached hydrogens (tertiary/aromatic N) is 1. The Bertz CT molecular complexity index is 613. The van der Waals surface area contributed by atoms with Gasteiger partial charge in [-0.05, 0) is 36.2 Å². The van der Waals surface area contributed by atoms with Gasteiger partial charge in [-0.1, -0.05) is 19.1 Å². The number of carboxylic acids is 1. The van der Waals surface area contributed by atoms with Crippen molar-refractivity contribution in [3.05, 3.63) is 48.2 Å². The lowest BCUT2D eigenvalue weighted by Crippen LogP contribution is -2.01. The summed E-state index contributed by atoms with van der Waals surface area (Å²) < 4.78 is 11.3. The lowest BCUT2D eigenvalue weighted by Gasteiger charge is -2.11. The van der Waals surface area contributed by atoms with E-state index in [4.69, 9.17) is 14.6 Å². The summed E-state index contributed by atoms with van der Waals surface area (Å²) in [6.07, 6.45) is 2.47. The van der Waals surface area contributed by atoms with Gasteiger partial charge in [0.05, 0.1) is 13.0 Å². The van der Waals surface area contributed by atoms with Gasteiger partial charge < -0.3 is 14.6 Å². The summed E-state index contributed by atoms with van der Waals surface area (Å²) in [7, 11) is 0. The Morgan fingerprint density at radius 1 is 1.29 bits per heavy atom. The van der Waals surface area contributed by atoms with Gasteiger partial charge in [-0.2, -0.15) is 0 Å². The van der Waals surface area contributed by atoms with Gasteiger partial charge in [-0.25, -0.2) is 4.98 Å². The van der Waals surface area contributed by atoms with Crippen LogP contribution in [0.1, 0.15) is 18.9 Å². The van der Waals surface area contributed by atoms with E-state index in [9.17, 15) is 4.79 Å².